The monoisotopic (exact) mass is 368 g/mol. The van der Waals surface area contributed by atoms with E-state index in [2.05, 4.69) is 10.1 Å². The number of aromatic nitrogens is 3. The van der Waals surface area contributed by atoms with E-state index in [1.54, 1.807) is 11.6 Å². The van der Waals surface area contributed by atoms with Gasteiger partial charge in [0.05, 0.1) is 17.9 Å². The lowest BCUT2D eigenvalue weighted by Crippen LogP contribution is -2.49. The molecular weight excluding hydrogens is 340 g/mol. The standard InChI is InChI=1S/C21H28N4O2/c1-15(14-25-18(4)22-17(3)23-25)20(27)24-12-10-21(11-13-24,16(2)26)19-8-6-5-7-9-19/h5-9,15H,10-14H2,1-4H3. The van der Waals surface area contributed by atoms with Gasteiger partial charge in [0.25, 0.3) is 0 Å². The lowest BCUT2D eigenvalue weighted by molar-refractivity contribution is -0.139. The van der Waals surface area contributed by atoms with Gasteiger partial charge in [0, 0.05) is 13.1 Å². The summed E-state index contributed by atoms with van der Waals surface area (Å²) in [5.41, 5.74) is 0.590. The van der Waals surface area contributed by atoms with E-state index in [9.17, 15) is 9.59 Å². The molecule has 0 spiro atoms. The molecule has 1 aromatic carbocycles. The van der Waals surface area contributed by atoms with Crippen LogP contribution in [0.1, 0.15) is 43.9 Å². The molecule has 6 nitrogen and oxygen atoms in total. The molecule has 3 rings (SSSR count). The van der Waals surface area contributed by atoms with Gasteiger partial charge in [-0.1, -0.05) is 37.3 Å². The Balaban J connectivity index is 1.68. The quantitative estimate of drug-likeness (QED) is 0.814. The second kappa shape index (κ2) is 7.62. The number of hydrogen-bond donors (Lipinski definition) is 0. The molecule has 1 unspecified atom stereocenters. The molecule has 0 N–H and O–H groups in total. The van der Waals surface area contributed by atoms with Crippen LogP contribution in [0.5, 0.6) is 0 Å². The largest absolute Gasteiger partial charge is 0.342 e. The number of aryl methyl sites for hydroxylation is 2. The summed E-state index contributed by atoms with van der Waals surface area (Å²) in [6, 6.07) is 9.96. The van der Waals surface area contributed by atoms with Crippen LogP contribution in [0.25, 0.3) is 0 Å². The molecule has 0 saturated carbocycles. The first-order valence-electron chi connectivity index (χ1n) is 9.57. The van der Waals surface area contributed by atoms with E-state index in [4.69, 9.17) is 0 Å². The lowest BCUT2D eigenvalue weighted by Gasteiger charge is -2.41. The Labute approximate surface area is 160 Å². The number of amides is 1. The van der Waals surface area contributed by atoms with Gasteiger partial charge in [-0.15, -0.1) is 0 Å². The van der Waals surface area contributed by atoms with E-state index in [0.29, 0.717) is 32.5 Å². The Morgan fingerprint density at radius 1 is 1.15 bits per heavy atom. The summed E-state index contributed by atoms with van der Waals surface area (Å²) in [5.74, 6) is 1.67. The number of nitrogens with zero attached hydrogens (tertiary/aromatic N) is 4. The third-order valence-corrected chi connectivity index (χ3v) is 5.76. The number of piperidine rings is 1. The zero-order valence-electron chi connectivity index (χ0n) is 16.6. The van der Waals surface area contributed by atoms with Crippen molar-refractivity contribution in [3.8, 4) is 0 Å². The summed E-state index contributed by atoms with van der Waals surface area (Å²) in [6.07, 6.45) is 1.35. The number of hydrogen-bond acceptors (Lipinski definition) is 4. The minimum absolute atomic E-state index is 0.118. The summed E-state index contributed by atoms with van der Waals surface area (Å²) in [6.45, 7) is 9.09. The lowest BCUT2D eigenvalue weighted by atomic mass is 9.70. The normalized spacial score (nSPS) is 17.6. The van der Waals surface area contributed by atoms with Gasteiger partial charge >= 0.3 is 0 Å². The minimum Gasteiger partial charge on any atom is -0.342 e. The number of benzene rings is 1. The van der Waals surface area contributed by atoms with E-state index >= 15 is 0 Å². The SMILES string of the molecule is CC(=O)C1(c2ccccc2)CCN(C(=O)C(C)Cn2nc(C)nc2C)CC1. The molecule has 144 valence electrons. The van der Waals surface area contributed by atoms with Gasteiger partial charge in [-0.05, 0) is 39.2 Å². The minimum atomic E-state index is -0.471. The molecule has 1 atom stereocenters. The second-order valence-electron chi connectivity index (χ2n) is 7.62. The first-order chi connectivity index (χ1) is 12.8. The molecule has 0 radical (unpaired) electrons. The summed E-state index contributed by atoms with van der Waals surface area (Å²) < 4.78 is 1.80. The number of rotatable bonds is 5. The number of Topliss-reactive ketones (excluding diaryl/α,β-unsaturated/α-hetero) is 1. The third-order valence-electron chi connectivity index (χ3n) is 5.76. The molecule has 1 aliphatic rings. The van der Waals surface area contributed by atoms with Gasteiger partial charge in [0.2, 0.25) is 5.91 Å². The highest BCUT2D eigenvalue weighted by molar-refractivity contribution is 5.88. The first kappa shape index (κ1) is 19.3. The maximum atomic E-state index is 12.9. The fraction of sp³-hybridized carbons (Fsp3) is 0.524. The molecule has 1 aliphatic heterocycles. The number of ketones is 1. The molecular formula is C21H28N4O2. The van der Waals surface area contributed by atoms with Crippen molar-refractivity contribution in [2.75, 3.05) is 13.1 Å². The van der Waals surface area contributed by atoms with E-state index in [1.165, 1.54) is 0 Å². The fourth-order valence-electron chi connectivity index (χ4n) is 4.09. The topological polar surface area (TPSA) is 68.1 Å². The van der Waals surface area contributed by atoms with Crippen LogP contribution in [0.15, 0.2) is 30.3 Å². The Morgan fingerprint density at radius 2 is 1.78 bits per heavy atom. The maximum Gasteiger partial charge on any atom is 0.227 e. The highest BCUT2D eigenvalue weighted by Gasteiger charge is 2.41. The molecule has 0 aliphatic carbocycles. The van der Waals surface area contributed by atoms with Crippen LogP contribution in [0.4, 0.5) is 0 Å². The van der Waals surface area contributed by atoms with Crippen molar-refractivity contribution >= 4 is 11.7 Å². The van der Waals surface area contributed by atoms with Crippen LogP contribution in [0.2, 0.25) is 0 Å². The van der Waals surface area contributed by atoms with Crippen LogP contribution >= 0.6 is 0 Å². The van der Waals surface area contributed by atoms with E-state index in [0.717, 1.165) is 17.2 Å². The van der Waals surface area contributed by atoms with E-state index in [1.807, 2.05) is 56.0 Å². The van der Waals surface area contributed by atoms with Gasteiger partial charge in [-0.2, -0.15) is 5.10 Å². The van der Waals surface area contributed by atoms with Crippen LogP contribution in [0.3, 0.4) is 0 Å². The molecule has 1 fully saturated rings. The highest BCUT2D eigenvalue weighted by atomic mass is 16.2. The Bertz CT molecular complexity index is 820. The highest BCUT2D eigenvalue weighted by Crippen LogP contribution is 2.36. The van der Waals surface area contributed by atoms with Crippen LogP contribution in [-0.4, -0.2) is 44.4 Å². The smallest absolute Gasteiger partial charge is 0.227 e. The van der Waals surface area contributed by atoms with Crippen molar-refractivity contribution in [1.82, 2.24) is 19.7 Å². The summed E-state index contributed by atoms with van der Waals surface area (Å²) in [7, 11) is 0. The molecule has 6 heteroatoms. The van der Waals surface area contributed by atoms with E-state index in [-0.39, 0.29) is 17.6 Å². The van der Waals surface area contributed by atoms with Crippen LogP contribution < -0.4 is 0 Å². The zero-order chi connectivity index (χ0) is 19.6. The molecule has 0 bridgehead atoms. The molecule has 2 aromatic rings. The van der Waals surface area contributed by atoms with Crippen molar-refractivity contribution < 1.29 is 9.59 Å². The third kappa shape index (κ3) is 3.80. The fourth-order valence-corrected chi connectivity index (χ4v) is 4.09. The average molecular weight is 368 g/mol. The number of carbonyl (C=O) groups excluding carboxylic acids is 2. The summed E-state index contributed by atoms with van der Waals surface area (Å²) >= 11 is 0. The Hall–Kier alpha value is -2.50. The zero-order valence-corrected chi connectivity index (χ0v) is 16.6. The van der Waals surface area contributed by atoms with Gasteiger partial charge in [-0.3, -0.25) is 9.59 Å². The average Bonchev–Trinajstić information content (AvgIpc) is 2.98. The Morgan fingerprint density at radius 3 is 2.30 bits per heavy atom. The maximum absolute atomic E-state index is 12.9. The predicted molar refractivity (Wildman–Crippen MR) is 103 cm³/mol. The van der Waals surface area contributed by atoms with Gasteiger partial charge in [0.1, 0.15) is 17.4 Å². The molecule has 2 heterocycles. The first-order valence-corrected chi connectivity index (χ1v) is 9.57. The van der Waals surface area contributed by atoms with Gasteiger partial charge < -0.3 is 4.90 Å². The van der Waals surface area contributed by atoms with Crippen molar-refractivity contribution in [3.05, 3.63) is 47.5 Å². The summed E-state index contributed by atoms with van der Waals surface area (Å²) in [5, 5.41) is 4.35. The van der Waals surface area contributed by atoms with Gasteiger partial charge in [-0.25, -0.2) is 9.67 Å². The molecule has 1 saturated heterocycles. The molecule has 1 aromatic heterocycles. The Kier molecular flexibility index (Phi) is 5.44. The van der Waals surface area contributed by atoms with Crippen molar-refractivity contribution in [2.24, 2.45) is 5.92 Å². The van der Waals surface area contributed by atoms with Crippen molar-refractivity contribution in [3.63, 3.8) is 0 Å². The summed E-state index contributed by atoms with van der Waals surface area (Å²) in [4.78, 5) is 31.6. The van der Waals surface area contributed by atoms with Gasteiger partial charge in [0.15, 0.2) is 0 Å². The van der Waals surface area contributed by atoms with E-state index < -0.39 is 5.41 Å². The number of likely N-dealkylation sites (tertiary alicyclic amines) is 1. The second-order valence-corrected chi connectivity index (χ2v) is 7.62. The van der Waals surface area contributed by atoms with Crippen molar-refractivity contribution in [1.29, 1.82) is 0 Å². The number of carbonyl (C=O) groups is 2. The molecule has 27 heavy (non-hydrogen) atoms. The van der Waals surface area contributed by atoms with Crippen LogP contribution in [0, 0.1) is 19.8 Å². The predicted octanol–water partition coefficient (Wildman–Crippen LogP) is 2.68. The van der Waals surface area contributed by atoms with Crippen LogP contribution in [-0.2, 0) is 21.5 Å². The van der Waals surface area contributed by atoms with Crippen molar-refractivity contribution in [2.45, 2.75) is 52.5 Å². The molecule has 1 amide bonds.